The van der Waals surface area contributed by atoms with E-state index in [2.05, 4.69) is 11.2 Å². The van der Waals surface area contributed by atoms with Gasteiger partial charge >= 0.3 is 12.0 Å². The van der Waals surface area contributed by atoms with E-state index in [1.165, 1.54) is 9.80 Å². The molecule has 2 aliphatic rings. The van der Waals surface area contributed by atoms with E-state index in [9.17, 15) is 9.59 Å². The number of methoxy groups -OCH3 is 1. The van der Waals surface area contributed by atoms with Gasteiger partial charge < -0.3 is 4.74 Å². The highest BCUT2D eigenvalue weighted by Gasteiger charge is 2.53. The second kappa shape index (κ2) is 8.31. The van der Waals surface area contributed by atoms with Gasteiger partial charge in [-0.25, -0.2) is 9.37 Å². The first kappa shape index (κ1) is 21.9. The van der Waals surface area contributed by atoms with E-state index in [0.717, 1.165) is 28.1 Å². The van der Waals surface area contributed by atoms with Gasteiger partial charge in [0.2, 0.25) is 11.9 Å². The highest BCUT2D eigenvalue weighted by molar-refractivity contribution is 6.23. The van der Waals surface area contributed by atoms with Crippen LogP contribution < -0.4 is 0 Å². The van der Waals surface area contributed by atoms with Crippen molar-refractivity contribution in [1.29, 1.82) is 0 Å². The molecule has 0 aliphatic carbocycles. The van der Waals surface area contributed by atoms with E-state index in [4.69, 9.17) is 9.73 Å². The smallest absolute Gasteiger partial charge is 0.383 e. The molecule has 3 amide bonds. The van der Waals surface area contributed by atoms with Crippen LogP contribution in [-0.4, -0.2) is 81.2 Å². The Morgan fingerprint density at radius 1 is 1.16 bits per heavy atom. The molecular formula is C23H29N6O3+. The van der Waals surface area contributed by atoms with Crippen LogP contribution in [0.3, 0.4) is 0 Å². The fourth-order valence-corrected chi connectivity index (χ4v) is 4.15. The minimum absolute atomic E-state index is 0.189. The molecule has 9 heteroatoms. The van der Waals surface area contributed by atoms with Crippen molar-refractivity contribution in [1.82, 2.24) is 19.6 Å². The van der Waals surface area contributed by atoms with Crippen LogP contribution in [0.5, 0.6) is 0 Å². The number of urea groups is 1. The van der Waals surface area contributed by atoms with Gasteiger partial charge in [-0.3, -0.25) is 14.6 Å². The predicted molar refractivity (Wildman–Crippen MR) is 120 cm³/mol. The van der Waals surface area contributed by atoms with Gasteiger partial charge in [-0.1, -0.05) is 34.8 Å². The van der Waals surface area contributed by atoms with Crippen molar-refractivity contribution >= 4 is 23.7 Å². The number of amidine groups is 1. The molecule has 1 aromatic carbocycles. The zero-order chi connectivity index (χ0) is 23.2. The Hall–Kier alpha value is -3.33. The Morgan fingerprint density at radius 2 is 1.91 bits per heavy atom. The maximum Gasteiger partial charge on any atom is 0.421 e. The highest BCUT2D eigenvalue weighted by Crippen LogP contribution is 2.23. The van der Waals surface area contributed by atoms with E-state index in [1.54, 1.807) is 18.8 Å². The molecule has 168 valence electrons. The number of nitrogens with zero attached hydrogens (tertiary/aromatic N) is 6. The van der Waals surface area contributed by atoms with E-state index in [-0.39, 0.29) is 19.1 Å². The number of rotatable bonds is 5. The molecule has 2 aromatic rings. The number of benzene rings is 1. The van der Waals surface area contributed by atoms with Crippen molar-refractivity contribution in [3.63, 3.8) is 0 Å². The van der Waals surface area contributed by atoms with Crippen LogP contribution in [0.15, 0.2) is 29.3 Å². The lowest BCUT2D eigenvalue weighted by Crippen LogP contribution is -2.63. The Bertz CT molecular complexity index is 1160. The highest BCUT2D eigenvalue weighted by atomic mass is 16.5. The van der Waals surface area contributed by atoms with E-state index < -0.39 is 12.1 Å². The largest absolute Gasteiger partial charge is 0.421 e. The molecule has 1 unspecified atom stereocenters. The standard InChI is InChI=1S/C23H29N6O3/c1-14-8-7-9-18(12-14)13-28-19-20(24-22(28)29-17(4)15(2)16(3)25-29)26(5)23(31)27(21(19)30)10-11-32-6/h7-9,12,19H,10-11,13H2,1-6H3/q+1. The fraction of sp³-hybridized carbons (Fsp3) is 0.435. The number of carbonyl (C=O) groups is 2. The molecule has 1 fully saturated rings. The van der Waals surface area contributed by atoms with Gasteiger partial charge in [0.05, 0.1) is 25.4 Å². The molecule has 0 N–H and O–H groups in total. The zero-order valence-corrected chi connectivity index (χ0v) is 19.4. The topological polar surface area (TPSA) is 83.0 Å². The molecular weight excluding hydrogens is 408 g/mol. The van der Waals surface area contributed by atoms with E-state index in [1.807, 2.05) is 50.5 Å². The van der Waals surface area contributed by atoms with Gasteiger partial charge in [0.15, 0.2) is 0 Å². The Balaban J connectivity index is 1.86. The molecule has 32 heavy (non-hydrogen) atoms. The Morgan fingerprint density at radius 3 is 2.53 bits per heavy atom. The molecule has 2 aliphatic heterocycles. The molecule has 9 nitrogen and oxygen atoms in total. The summed E-state index contributed by atoms with van der Waals surface area (Å²) in [5, 5.41) is 4.68. The quantitative estimate of drug-likeness (QED) is 0.669. The number of carbonyl (C=O) groups excluding carboxylic acids is 2. The number of ether oxygens (including phenoxy) is 1. The summed E-state index contributed by atoms with van der Waals surface area (Å²) in [5.74, 6) is 0.660. The molecule has 3 heterocycles. The van der Waals surface area contributed by atoms with Crippen LogP contribution in [0.1, 0.15) is 28.1 Å². The van der Waals surface area contributed by atoms with Crippen molar-refractivity contribution < 1.29 is 18.9 Å². The third kappa shape index (κ3) is 3.52. The zero-order valence-electron chi connectivity index (χ0n) is 19.4. The Kier molecular flexibility index (Phi) is 5.68. The minimum Gasteiger partial charge on any atom is -0.383 e. The molecule has 4 rings (SSSR count). The molecule has 1 atom stereocenters. The first-order valence-corrected chi connectivity index (χ1v) is 10.6. The van der Waals surface area contributed by atoms with Crippen molar-refractivity contribution in [2.24, 2.45) is 4.99 Å². The molecule has 1 aromatic heterocycles. The summed E-state index contributed by atoms with van der Waals surface area (Å²) in [6.07, 6.45) is 0. The second-order valence-corrected chi connectivity index (χ2v) is 8.32. The van der Waals surface area contributed by atoms with Crippen molar-refractivity contribution in [2.45, 2.75) is 40.3 Å². The van der Waals surface area contributed by atoms with Gasteiger partial charge in [0.25, 0.3) is 5.91 Å². The number of amides is 3. The average Bonchev–Trinajstić information content (AvgIpc) is 3.25. The van der Waals surface area contributed by atoms with Crippen molar-refractivity contribution in [3.8, 4) is 0 Å². The normalized spacial score (nSPS) is 18.6. The summed E-state index contributed by atoms with van der Waals surface area (Å²) in [6, 6.07) is 7.04. The van der Waals surface area contributed by atoms with Crippen molar-refractivity contribution in [3.05, 3.63) is 52.3 Å². The number of hydrogen-bond acceptors (Lipinski definition) is 5. The average molecular weight is 438 g/mol. The number of hydrogen-bond donors (Lipinski definition) is 0. The minimum atomic E-state index is -0.714. The molecule has 0 spiro atoms. The van der Waals surface area contributed by atoms with Crippen LogP contribution in [0.2, 0.25) is 0 Å². The van der Waals surface area contributed by atoms with Crippen LogP contribution in [0, 0.1) is 27.7 Å². The van der Waals surface area contributed by atoms with E-state index >= 15 is 0 Å². The maximum absolute atomic E-state index is 13.5. The summed E-state index contributed by atoms with van der Waals surface area (Å²) in [6.45, 7) is 8.91. The predicted octanol–water partition coefficient (Wildman–Crippen LogP) is 1.85. The van der Waals surface area contributed by atoms with Crippen molar-refractivity contribution in [2.75, 3.05) is 27.3 Å². The summed E-state index contributed by atoms with van der Waals surface area (Å²) in [4.78, 5) is 33.9. The SMILES string of the molecule is COCCN1C(=O)C2C(=NC(n3nc(C)c(C)c3C)=[N+]2Cc2cccc(C)c2)N(C)C1=O. The molecule has 1 saturated heterocycles. The van der Waals surface area contributed by atoms with Gasteiger partial charge in [0.1, 0.15) is 5.69 Å². The summed E-state index contributed by atoms with van der Waals surface area (Å²) < 4.78 is 8.83. The van der Waals surface area contributed by atoms with Crippen LogP contribution >= 0.6 is 0 Å². The Labute approximate surface area is 187 Å². The molecule has 0 radical (unpaired) electrons. The number of aliphatic imine (C=N–C) groups is 1. The van der Waals surface area contributed by atoms with Gasteiger partial charge in [-0.2, -0.15) is 0 Å². The van der Waals surface area contributed by atoms with Gasteiger partial charge in [0, 0.05) is 19.7 Å². The van der Waals surface area contributed by atoms with E-state index in [0.29, 0.717) is 18.3 Å². The molecule has 0 saturated carbocycles. The number of imide groups is 1. The van der Waals surface area contributed by atoms with Crippen LogP contribution in [0.25, 0.3) is 0 Å². The number of fused-ring (bicyclic) bond motifs is 1. The molecule has 0 bridgehead atoms. The lowest BCUT2D eigenvalue weighted by molar-refractivity contribution is -0.553. The summed E-state index contributed by atoms with van der Waals surface area (Å²) >= 11 is 0. The summed E-state index contributed by atoms with van der Waals surface area (Å²) in [5.41, 5.74) is 5.11. The van der Waals surface area contributed by atoms with Crippen LogP contribution in [0.4, 0.5) is 4.79 Å². The third-order valence-corrected chi connectivity index (χ3v) is 6.19. The second-order valence-electron chi connectivity index (χ2n) is 8.32. The van der Waals surface area contributed by atoms with Gasteiger partial charge in [-0.15, -0.1) is 9.78 Å². The number of aromatic nitrogens is 2. The number of likely N-dealkylation sites (N-methyl/N-ethyl adjacent to an activating group) is 1. The third-order valence-electron chi connectivity index (χ3n) is 6.19. The monoisotopic (exact) mass is 437 g/mol. The van der Waals surface area contributed by atoms with Gasteiger partial charge in [-0.05, 0) is 33.3 Å². The summed E-state index contributed by atoms with van der Waals surface area (Å²) in [7, 11) is 3.20. The fourth-order valence-electron chi connectivity index (χ4n) is 4.15. The van der Waals surface area contributed by atoms with Crippen LogP contribution in [-0.2, 0) is 16.1 Å². The first-order valence-electron chi connectivity index (χ1n) is 10.6. The number of aryl methyl sites for hydroxylation is 2. The lowest BCUT2D eigenvalue weighted by Gasteiger charge is -2.34. The maximum atomic E-state index is 13.5. The lowest BCUT2D eigenvalue weighted by atomic mass is 10.1. The first-order chi connectivity index (χ1) is 15.2.